The number of rotatable bonds is 4. The minimum Gasteiger partial charge on any atom is -0.493 e. The van der Waals surface area contributed by atoms with Crippen molar-refractivity contribution in [3.8, 4) is 11.5 Å². The van der Waals surface area contributed by atoms with Gasteiger partial charge < -0.3 is 14.4 Å². The van der Waals surface area contributed by atoms with E-state index in [2.05, 4.69) is 4.98 Å². The number of carbonyl (C=O) groups excluding carboxylic acids is 1. The molecule has 1 fully saturated rings. The summed E-state index contributed by atoms with van der Waals surface area (Å²) in [5, 5.41) is 2.01. The predicted molar refractivity (Wildman–Crippen MR) is 111 cm³/mol. The lowest BCUT2D eigenvalue weighted by atomic mass is 10.0. The fraction of sp³-hybridized carbons (Fsp3) is 0.300. The molecule has 1 amide bonds. The molecule has 1 aliphatic heterocycles. The highest BCUT2D eigenvalue weighted by Gasteiger charge is 2.32. The third-order valence-electron chi connectivity index (χ3n) is 5.26. The number of amides is 1. The molecule has 28 heavy (non-hydrogen) atoms. The number of ether oxygens (including phenoxy) is 2. The maximum atomic E-state index is 13.3. The summed E-state index contributed by atoms with van der Waals surface area (Å²) in [5.74, 6) is 1.46. The number of likely N-dealkylation sites (tertiary alicyclic amines) is 1. The number of thiazole rings is 1. The summed E-state index contributed by atoms with van der Waals surface area (Å²) >= 11 is 3.07. The molecule has 0 aliphatic carbocycles. The first kappa shape index (κ1) is 17.5. The molecular weight excluding hydrogens is 394 g/mol. The van der Waals surface area contributed by atoms with Crippen LogP contribution in [0.25, 0.3) is 15.3 Å². The van der Waals surface area contributed by atoms with Crippen molar-refractivity contribution in [2.75, 3.05) is 20.8 Å². The molecule has 1 saturated heterocycles. The molecule has 4 aromatic rings. The lowest BCUT2D eigenvalue weighted by molar-refractivity contribution is 0.0740. The molecule has 5 rings (SSSR count). The maximum absolute atomic E-state index is 13.3. The topological polar surface area (TPSA) is 56.1 Å². The molecule has 4 heterocycles. The monoisotopic (exact) mass is 413 g/mol. The molecule has 0 bridgehead atoms. The van der Waals surface area contributed by atoms with Gasteiger partial charge in [0.1, 0.15) is 4.83 Å². The molecule has 0 radical (unpaired) electrons. The average Bonchev–Trinajstić information content (AvgIpc) is 3.47. The first-order valence-electron chi connectivity index (χ1n) is 9.07. The second-order valence-electron chi connectivity index (χ2n) is 6.74. The van der Waals surface area contributed by atoms with Gasteiger partial charge in [-0.15, -0.1) is 22.7 Å². The molecular formula is C20H19N3O3S2. The van der Waals surface area contributed by atoms with Gasteiger partial charge in [0.05, 0.1) is 30.7 Å². The number of hydrogen-bond acceptors (Lipinski definition) is 6. The van der Waals surface area contributed by atoms with E-state index in [1.807, 2.05) is 45.1 Å². The van der Waals surface area contributed by atoms with Crippen molar-refractivity contribution in [2.24, 2.45) is 0 Å². The summed E-state index contributed by atoms with van der Waals surface area (Å²) in [7, 11) is 3.26. The minimum absolute atomic E-state index is 0.0468. The van der Waals surface area contributed by atoms with Crippen LogP contribution in [-0.4, -0.2) is 41.0 Å². The minimum atomic E-state index is 0.0468. The quantitative estimate of drug-likeness (QED) is 0.490. The highest BCUT2D eigenvalue weighted by molar-refractivity contribution is 7.21. The highest BCUT2D eigenvalue weighted by atomic mass is 32.1. The Morgan fingerprint density at radius 3 is 2.89 bits per heavy atom. The van der Waals surface area contributed by atoms with Crippen LogP contribution in [0.15, 0.2) is 35.8 Å². The lowest BCUT2D eigenvalue weighted by Gasteiger charge is -2.25. The fourth-order valence-corrected chi connectivity index (χ4v) is 5.67. The Labute approximate surface area is 169 Å². The second kappa shape index (κ2) is 6.79. The Bertz CT molecular complexity index is 1180. The van der Waals surface area contributed by atoms with E-state index in [-0.39, 0.29) is 11.9 Å². The van der Waals surface area contributed by atoms with Gasteiger partial charge in [0.25, 0.3) is 5.91 Å². The molecule has 3 aromatic heterocycles. The molecule has 144 valence electrons. The summed E-state index contributed by atoms with van der Waals surface area (Å²) in [6.07, 6.45) is 3.93. The van der Waals surface area contributed by atoms with Crippen LogP contribution in [0.4, 0.5) is 0 Å². The van der Waals surface area contributed by atoms with E-state index in [0.717, 1.165) is 45.1 Å². The summed E-state index contributed by atoms with van der Waals surface area (Å²) in [6.45, 7) is 0.758. The lowest BCUT2D eigenvalue weighted by Crippen LogP contribution is -2.30. The molecule has 1 atom stereocenters. The van der Waals surface area contributed by atoms with Crippen LogP contribution in [0.1, 0.15) is 34.1 Å². The van der Waals surface area contributed by atoms with E-state index in [1.165, 1.54) is 11.3 Å². The van der Waals surface area contributed by atoms with E-state index in [1.54, 1.807) is 25.6 Å². The fourth-order valence-electron chi connectivity index (χ4n) is 3.91. The van der Waals surface area contributed by atoms with Crippen molar-refractivity contribution < 1.29 is 14.3 Å². The van der Waals surface area contributed by atoms with Gasteiger partial charge in [-0.1, -0.05) is 6.07 Å². The van der Waals surface area contributed by atoms with Gasteiger partial charge >= 0.3 is 0 Å². The number of methoxy groups -OCH3 is 2. The van der Waals surface area contributed by atoms with Crippen molar-refractivity contribution in [1.29, 1.82) is 0 Å². The third kappa shape index (κ3) is 2.67. The Hall–Kier alpha value is -2.58. The van der Waals surface area contributed by atoms with E-state index >= 15 is 0 Å². The highest BCUT2D eigenvalue weighted by Crippen LogP contribution is 2.39. The Kier molecular flexibility index (Phi) is 4.25. The van der Waals surface area contributed by atoms with Crippen LogP contribution < -0.4 is 9.47 Å². The number of carbonyl (C=O) groups is 1. The van der Waals surface area contributed by atoms with Gasteiger partial charge in [0, 0.05) is 18.1 Å². The zero-order valence-corrected chi connectivity index (χ0v) is 17.2. The molecule has 6 nitrogen and oxygen atoms in total. The van der Waals surface area contributed by atoms with Crippen molar-refractivity contribution >= 4 is 43.9 Å². The standard InChI is InChI=1S/C20H19N3O3S2/c1-25-15-6-5-12(10-16(15)26-2)13-4-3-7-22(13)19(24)17-11-14-18(28-17)21-20-23(14)8-9-27-20/h5-6,8-11,13H,3-4,7H2,1-2H3. The largest absolute Gasteiger partial charge is 0.493 e. The summed E-state index contributed by atoms with van der Waals surface area (Å²) < 4.78 is 12.8. The predicted octanol–water partition coefficient (Wildman–Crippen LogP) is 4.61. The molecule has 0 saturated carbocycles. The zero-order valence-electron chi connectivity index (χ0n) is 15.5. The number of thiophene rings is 1. The Morgan fingerprint density at radius 1 is 1.21 bits per heavy atom. The van der Waals surface area contributed by atoms with Crippen LogP contribution in [0.3, 0.4) is 0 Å². The van der Waals surface area contributed by atoms with Gasteiger partial charge in [-0.05, 0) is 36.6 Å². The molecule has 1 unspecified atom stereocenters. The second-order valence-corrected chi connectivity index (χ2v) is 8.64. The maximum Gasteiger partial charge on any atom is 0.264 e. The molecule has 1 aromatic carbocycles. The van der Waals surface area contributed by atoms with Gasteiger partial charge in [-0.3, -0.25) is 9.20 Å². The van der Waals surface area contributed by atoms with Crippen LogP contribution in [0, 0.1) is 0 Å². The number of fused-ring (bicyclic) bond motifs is 3. The number of benzene rings is 1. The number of aromatic nitrogens is 2. The average molecular weight is 414 g/mol. The smallest absolute Gasteiger partial charge is 0.264 e. The zero-order chi connectivity index (χ0) is 19.3. The van der Waals surface area contributed by atoms with Crippen LogP contribution in [0.2, 0.25) is 0 Å². The Morgan fingerprint density at radius 2 is 2.07 bits per heavy atom. The van der Waals surface area contributed by atoms with Gasteiger partial charge in [-0.2, -0.15) is 0 Å². The SMILES string of the molecule is COc1ccc(C2CCCN2C(=O)c2cc3c(nc4sccn43)s2)cc1OC. The van der Waals surface area contributed by atoms with Gasteiger partial charge in [0.15, 0.2) is 16.5 Å². The first-order valence-corrected chi connectivity index (χ1v) is 10.8. The molecule has 0 N–H and O–H groups in total. The van der Waals surface area contributed by atoms with E-state index in [9.17, 15) is 4.79 Å². The van der Waals surface area contributed by atoms with Crippen molar-refractivity contribution in [2.45, 2.75) is 18.9 Å². The van der Waals surface area contributed by atoms with Crippen LogP contribution in [0.5, 0.6) is 11.5 Å². The molecule has 1 aliphatic rings. The summed E-state index contributed by atoms with van der Waals surface area (Å²) in [6, 6.07) is 7.92. The third-order valence-corrected chi connectivity index (χ3v) is 7.02. The van der Waals surface area contributed by atoms with Crippen molar-refractivity contribution in [3.05, 3.63) is 46.3 Å². The number of nitrogens with zero attached hydrogens (tertiary/aromatic N) is 3. The molecule has 8 heteroatoms. The molecule has 0 spiro atoms. The summed E-state index contributed by atoms with van der Waals surface area (Å²) in [5.41, 5.74) is 2.08. The number of hydrogen-bond donors (Lipinski definition) is 0. The first-order chi connectivity index (χ1) is 13.7. The van der Waals surface area contributed by atoms with Gasteiger partial charge in [0.2, 0.25) is 0 Å². The van der Waals surface area contributed by atoms with E-state index in [4.69, 9.17) is 9.47 Å². The normalized spacial score (nSPS) is 16.9. The van der Waals surface area contributed by atoms with Crippen LogP contribution >= 0.6 is 22.7 Å². The van der Waals surface area contributed by atoms with Gasteiger partial charge in [-0.25, -0.2) is 4.98 Å². The van der Waals surface area contributed by atoms with Crippen molar-refractivity contribution in [1.82, 2.24) is 14.3 Å². The van der Waals surface area contributed by atoms with E-state index < -0.39 is 0 Å². The van der Waals surface area contributed by atoms with Crippen molar-refractivity contribution in [3.63, 3.8) is 0 Å². The summed E-state index contributed by atoms with van der Waals surface area (Å²) in [4.78, 5) is 22.5. The van der Waals surface area contributed by atoms with Crippen LogP contribution in [-0.2, 0) is 0 Å². The number of imidazole rings is 1. The van der Waals surface area contributed by atoms with E-state index in [0.29, 0.717) is 11.5 Å². The Balaban J connectivity index is 1.47.